The number of amides is 1. The number of carboxylic acids is 1. The maximum absolute atomic E-state index is 12.5. The van der Waals surface area contributed by atoms with Crippen LogP contribution in [0.3, 0.4) is 0 Å². The molecule has 4 rings (SSSR count). The molecule has 3 unspecified atom stereocenters. The van der Waals surface area contributed by atoms with Gasteiger partial charge in [-0.15, -0.1) is 0 Å². The second-order valence-corrected chi connectivity index (χ2v) is 7.04. The highest BCUT2D eigenvalue weighted by Gasteiger charge is 2.31. The normalized spacial score (nSPS) is 22.5. The van der Waals surface area contributed by atoms with Crippen molar-refractivity contribution in [1.82, 2.24) is 5.32 Å². The highest BCUT2D eigenvalue weighted by molar-refractivity contribution is 6.04. The van der Waals surface area contributed by atoms with Crippen molar-refractivity contribution >= 4 is 23.3 Å². The molecule has 0 aliphatic carbocycles. The predicted octanol–water partition coefficient (Wildman–Crippen LogP) is 1.73. The van der Waals surface area contributed by atoms with E-state index in [4.69, 9.17) is 15.6 Å². The number of aryl methyl sites for hydroxylation is 1. The number of nitrogens with two attached hydrogens (primary N) is 1. The number of hydrogen-bond donors (Lipinski definition) is 5. The zero-order valence-corrected chi connectivity index (χ0v) is 15.1. The molecule has 2 aromatic carbocycles. The molecule has 1 fully saturated rings. The summed E-state index contributed by atoms with van der Waals surface area (Å²) in [6, 6.07) is 12.6. The minimum atomic E-state index is -0.866. The number of carboxylic acid groups (broad SMARTS) is 1. The van der Waals surface area contributed by atoms with Gasteiger partial charge in [-0.2, -0.15) is 0 Å². The van der Waals surface area contributed by atoms with Gasteiger partial charge < -0.3 is 26.2 Å². The van der Waals surface area contributed by atoms with Gasteiger partial charge in [0.25, 0.3) is 5.91 Å². The minimum absolute atomic E-state index is 0.00841. The molecule has 1 saturated heterocycles. The first-order valence-corrected chi connectivity index (χ1v) is 9.19. The second kappa shape index (κ2) is 7.49. The van der Waals surface area contributed by atoms with Gasteiger partial charge in [0.05, 0.1) is 12.6 Å². The van der Waals surface area contributed by atoms with Gasteiger partial charge in [-0.3, -0.25) is 14.9 Å². The predicted molar refractivity (Wildman–Crippen MR) is 104 cm³/mol. The summed E-state index contributed by atoms with van der Waals surface area (Å²) in [6.45, 7) is 0. The van der Waals surface area contributed by atoms with Gasteiger partial charge in [0, 0.05) is 16.9 Å². The maximum atomic E-state index is 12.5. The Kier molecular flexibility index (Phi) is 4.89. The Labute approximate surface area is 162 Å². The smallest absolute Gasteiger partial charge is 0.307 e. The van der Waals surface area contributed by atoms with Crippen LogP contribution in [0.2, 0.25) is 0 Å². The Morgan fingerprint density at radius 1 is 1.18 bits per heavy atom. The highest BCUT2D eigenvalue weighted by Crippen LogP contribution is 2.31. The number of fused-ring (bicyclic) bond motifs is 1. The largest absolute Gasteiger partial charge is 0.490 e. The summed E-state index contributed by atoms with van der Waals surface area (Å²) in [4.78, 5) is 23.3. The molecule has 2 aromatic rings. The average Bonchev–Trinajstić information content (AvgIpc) is 3.36. The lowest BCUT2D eigenvalue weighted by atomic mass is 10.00. The standard InChI is InChI=1S/C20H22N4O4/c21-18-19(24-18)22-13-4-1-11(2-5-13)20(27)23-14-6-8-16-12(9-14)3-7-15(28-16)10-17(25)26/h1-2,4-6,8-9,15,18-19,22,24H,3,7,10,21H2,(H,23,27)(H,25,26). The molecule has 0 bridgehead atoms. The van der Waals surface area contributed by atoms with Crippen LogP contribution >= 0.6 is 0 Å². The fourth-order valence-corrected chi connectivity index (χ4v) is 3.24. The van der Waals surface area contributed by atoms with Crippen molar-refractivity contribution in [2.75, 3.05) is 10.6 Å². The molecule has 3 atom stereocenters. The topological polar surface area (TPSA) is 136 Å². The van der Waals surface area contributed by atoms with E-state index in [0.29, 0.717) is 29.8 Å². The third kappa shape index (κ3) is 4.24. The highest BCUT2D eigenvalue weighted by atomic mass is 16.5. The monoisotopic (exact) mass is 382 g/mol. The lowest BCUT2D eigenvalue weighted by Gasteiger charge is -2.25. The fourth-order valence-electron chi connectivity index (χ4n) is 3.24. The molecule has 2 heterocycles. The zero-order valence-electron chi connectivity index (χ0n) is 15.1. The molecule has 2 aliphatic rings. The number of aliphatic carboxylic acids is 1. The van der Waals surface area contributed by atoms with E-state index in [-0.39, 0.29) is 30.8 Å². The number of carbonyl (C=O) groups is 2. The molecule has 8 heteroatoms. The van der Waals surface area contributed by atoms with E-state index in [0.717, 1.165) is 11.3 Å². The summed E-state index contributed by atoms with van der Waals surface area (Å²) in [7, 11) is 0. The third-order valence-corrected chi connectivity index (χ3v) is 4.84. The van der Waals surface area contributed by atoms with Gasteiger partial charge in [0.1, 0.15) is 18.0 Å². The number of rotatable bonds is 6. The molecule has 1 amide bonds. The number of anilines is 2. The average molecular weight is 382 g/mol. The van der Waals surface area contributed by atoms with Gasteiger partial charge in [-0.1, -0.05) is 0 Å². The number of nitrogens with one attached hydrogen (secondary N) is 3. The Balaban J connectivity index is 1.37. The molecule has 0 radical (unpaired) electrons. The Bertz CT molecular complexity index is 900. The van der Waals surface area contributed by atoms with E-state index in [1.807, 2.05) is 18.2 Å². The Morgan fingerprint density at radius 2 is 1.89 bits per heavy atom. The van der Waals surface area contributed by atoms with Crippen molar-refractivity contribution in [3.8, 4) is 5.75 Å². The first-order valence-electron chi connectivity index (χ1n) is 9.19. The fraction of sp³-hybridized carbons (Fsp3) is 0.300. The van der Waals surface area contributed by atoms with Gasteiger partial charge in [-0.05, 0) is 60.9 Å². The van der Waals surface area contributed by atoms with Gasteiger partial charge in [-0.25, -0.2) is 0 Å². The van der Waals surface area contributed by atoms with E-state index in [1.165, 1.54) is 0 Å². The van der Waals surface area contributed by atoms with Gasteiger partial charge >= 0.3 is 5.97 Å². The van der Waals surface area contributed by atoms with Gasteiger partial charge in [0.15, 0.2) is 0 Å². The molecule has 0 spiro atoms. The van der Waals surface area contributed by atoms with Crippen molar-refractivity contribution < 1.29 is 19.4 Å². The summed E-state index contributed by atoms with van der Waals surface area (Å²) in [6.07, 6.45) is 1.09. The number of benzene rings is 2. The van der Waals surface area contributed by atoms with Gasteiger partial charge in [0.2, 0.25) is 0 Å². The van der Waals surface area contributed by atoms with Crippen LogP contribution in [0.25, 0.3) is 0 Å². The molecular weight excluding hydrogens is 360 g/mol. The van der Waals surface area contributed by atoms with E-state index in [1.54, 1.807) is 24.3 Å². The number of hydrogen-bond acceptors (Lipinski definition) is 6. The second-order valence-electron chi connectivity index (χ2n) is 7.04. The van der Waals surface area contributed by atoms with Crippen molar-refractivity contribution in [2.24, 2.45) is 5.73 Å². The van der Waals surface area contributed by atoms with E-state index < -0.39 is 5.97 Å². The van der Waals surface area contributed by atoms with Crippen LogP contribution in [0.5, 0.6) is 5.75 Å². The maximum Gasteiger partial charge on any atom is 0.307 e. The van der Waals surface area contributed by atoms with E-state index in [2.05, 4.69) is 16.0 Å². The SMILES string of the molecule is NC1NC1Nc1ccc(C(=O)Nc2ccc3c(c2)CCC(CC(=O)O)O3)cc1. The van der Waals surface area contributed by atoms with Crippen molar-refractivity contribution in [1.29, 1.82) is 0 Å². The van der Waals surface area contributed by atoms with E-state index >= 15 is 0 Å². The first kappa shape index (κ1) is 18.3. The zero-order chi connectivity index (χ0) is 19.7. The number of ether oxygens (including phenoxy) is 1. The van der Waals surface area contributed by atoms with Crippen LogP contribution in [0.1, 0.15) is 28.8 Å². The summed E-state index contributed by atoms with van der Waals surface area (Å²) < 4.78 is 5.73. The molecule has 28 heavy (non-hydrogen) atoms. The molecule has 0 saturated carbocycles. The van der Waals surface area contributed by atoms with Crippen LogP contribution in [0.4, 0.5) is 11.4 Å². The minimum Gasteiger partial charge on any atom is -0.490 e. The first-order chi connectivity index (χ1) is 13.5. The number of carbonyl (C=O) groups excluding carboxylic acids is 1. The molecular formula is C20H22N4O4. The van der Waals surface area contributed by atoms with Crippen LogP contribution < -0.4 is 26.4 Å². The lowest BCUT2D eigenvalue weighted by molar-refractivity contribution is -0.139. The lowest BCUT2D eigenvalue weighted by Crippen LogP contribution is -2.25. The quantitative estimate of drug-likeness (QED) is 0.480. The van der Waals surface area contributed by atoms with Crippen LogP contribution in [0.15, 0.2) is 42.5 Å². The molecule has 0 aromatic heterocycles. The van der Waals surface area contributed by atoms with Crippen LogP contribution in [-0.4, -0.2) is 35.4 Å². The van der Waals surface area contributed by atoms with Crippen molar-refractivity contribution in [3.05, 3.63) is 53.6 Å². The van der Waals surface area contributed by atoms with Crippen LogP contribution in [-0.2, 0) is 11.2 Å². The summed E-state index contributed by atoms with van der Waals surface area (Å²) in [5, 5.41) is 18.0. The van der Waals surface area contributed by atoms with E-state index in [9.17, 15) is 9.59 Å². The van der Waals surface area contributed by atoms with Crippen molar-refractivity contribution in [2.45, 2.75) is 37.7 Å². The molecule has 8 nitrogen and oxygen atoms in total. The Morgan fingerprint density at radius 3 is 2.57 bits per heavy atom. The molecule has 6 N–H and O–H groups in total. The molecule has 2 aliphatic heterocycles. The molecule has 146 valence electrons. The summed E-state index contributed by atoms with van der Waals surface area (Å²) in [5.41, 5.74) is 8.77. The van der Waals surface area contributed by atoms with Crippen LogP contribution in [0, 0.1) is 0 Å². The third-order valence-electron chi connectivity index (χ3n) is 4.84. The summed E-state index contributed by atoms with van der Waals surface area (Å²) >= 11 is 0. The summed E-state index contributed by atoms with van der Waals surface area (Å²) in [5.74, 6) is -0.388. The Hall–Kier alpha value is -3.10. The van der Waals surface area contributed by atoms with Crippen molar-refractivity contribution in [3.63, 3.8) is 0 Å².